The van der Waals surface area contributed by atoms with E-state index in [2.05, 4.69) is 46.5 Å². The third-order valence-corrected chi connectivity index (χ3v) is 13.3. The van der Waals surface area contributed by atoms with Crippen molar-refractivity contribution in [3.8, 4) is 0 Å². The van der Waals surface area contributed by atoms with Gasteiger partial charge in [0.15, 0.2) is 11.6 Å². The molecule has 4 aliphatic heterocycles. The smallest absolute Gasteiger partial charge is 0.265 e. The molecule has 1 unspecified atom stereocenters. The molecule has 5 heterocycles. The van der Waals surface area contributed by atoms with Crippen LogP contribution in [0.1, 0.15) is 70.7 Å². The first-order valence-corrected chi connectivity index (χ1v) is 22.3. The average Bonchev–Trinajstić information content (AvgIpc) is 3.29. The number of rotatable bonds is 12. The van der Waals surface area contributed by atoms with Crippen molar-refractivity contribution in [3.05, 3.63) is 131 Å². The van der Waals surface area contributed by atoms with Gasteiger partial charge in [0, 0.05) is 74.7 Å². The van der Waals surface area contributed by atoms with E-state index in [1.54, 1.807) is 78.9 Å². The van der Waals surface area contributed by atoms with E-state index in [9.17, 15) is 23.6 Å². The Morgan fingerprint density at radius 2 is 1.48 bits per heavy atom. The second kappa shape index (κ2) is 18.9. The first kappa shape index (κ1) is 43.7. The second-order valence-electron chi connectivity index (χ2n) is 17.5. The van der Waals surface area contributed by atoms with Gasteiger partial charge >= 0.3 is 0 Å². The normalized spacial score (nSPS) is 19.0. The van der Waals surface area contributed by atoms with Crippen molar-refractivity contribution >= 4 is 69.7 Å². The number of hydrazine groups is 1. The van der Waals surface area contributed by atoms with Crippen LogP contribution in [0.2, 0.25) is 5.02 Å². The van der Waals surface area contributed by atoms with Gasteiger partial charge in [-0.3, -0.25) is 29.9 Å². The van der Waals surface area contributed by atoms with E-state index in [0.29, 0.717) is 56.8 Å². The summed E-state index contributed by atoms with van der Waals surface area (Å²) in [5.41, 5.74) is 7.01. The molecule has 1 aromatic heterocycles. The minimum Gasteiger partial charge on any atom is -0.369 e. The molecule has 14 nitrogen and oxygen atoms in total. The SMILES string of the molecule is O=C1CCC(c2ccc(N3CCC(CN4CC5(CCN(NC(=O)c6ccc(Nc7ncc(F)c(Nc8ccc(C(=O)Nc9ccccc9Cl)cc8)n7)cc6)CC5)C4)CC3)c(F)c2)C(=O)N1. The molecule has 4 fully saturated rings. The predicted molar refractivity (Wildman–Crippen MR) is 244 cm³/mol. The Balaban J connectivity index is 0.689. The number of imide groups is 1. The van der Waals surface area contributed by atoms with Crippen molar-refractivity contribution in [3.63, 3.8) is 0 Å². The van der Waals surface area contributed by atoms with Crippen molar-refractivity contribution in [1.82, 2.24) is 30.6 Å². The summed E-state index contributed by atoms with van der Waals surface area (Å²) >= 11 is 6.16. The van der Waals surface area contributed by atoms with Crippen molar-refractivity contribution in [2.24, 2.45) is 11.3 Å². The summed E-state index contributed by atoms with van der Waals surface area (Å²) in [4.78, 5) is 62.7. The van der Waals surface area contributed by atoms with Crippen LogP contribution in [0.3, 0.4) is 0 Å². The number of anilines is 6. The molecule has 0 bridgehead atoms. The molecule has 5 N–H and O–H groups in total. The lowest BCUT2D eigenvalue weighted by Gasteiger charge is -2.55. The molecule has 4 aromatic carbocycles. The fourth-order valence-electron chi connectivity index (χ4n) is 9.33. The Bertz CT molecular complexity index is 2580. The maximum atomic E-state index is 15.3. The number of carbonyl (C=O) groups excluding carboxylic acids is 4. The summed E-state index contributed by atoms with van der Waals surface area (Å²) in [7, 11) is 0. The third kappa shape index (κ3) is 10.2. The van der Waals surface area contributed by atoms with Gasteiger partial charge in [-0.1, -0.05) is 29.8 Å². The summed E-state index contributed by atoms with van der Waals surface area (Å²) in [6, 6.07) is 25.4. The van der Waals surface area contributed by atoms with Gasteiger partial charge in [-0.2, -0.15) is 4.98 Å². The number of likely N-dealkylation sites (tertiary alicyclic amines) is 1. The maximum Gasteiger partial charge on any atom is 0.265 e. The Hall–Kier alpha value is -6.49. The van der Waals surface area contributed by atoms with E-state index in [1.807, 2.05) is 11.1 Å². The Morgan fingerprint density at radius 3 is 2.15 bits per heavy atom. The molecule has 4 saturated heterocycles. The quantitative estimate of drug-likeness (QED) is 0.0783. The molecular formula is C48H49ClF2N10O4. The van der Waals surface area contributed by atoms with Gasteiger partial charge in [-0.15, -0.1) is 0 Å². The zero-order chi connectivity index (χ0) is 45.1. The fourth-order valence-corrected chi connectivity index (χ4v) is 9.51. The van der Waals surface area contributed by atoms with Gasteiger partial charge in [0.2, 0.25) is 17.8 Å². The van der Waals surface area contributed by atoms with Gasteiger partial charge in [0.1, 0.15) is 5.82 Å². The number of benzene rings is 4. The number of carbonyl (C=O) groups is 4. The number of aromatic nitrogens is 2. The molecule has 4 aliphatic rings. The van der Waals surface area contributed by atoms with Gasteiger partial charge in [-0.05, 0) is 122 Å². The van der Waals surface area contributed by atoms with E-state index in [0.717, 1.165) is 77.7 Å². The minimum absolute atomic E-state index is 0.0602. The van der Waals surface area contributed by atoms with E-state index < -0.39 is 11.7 Å². The van der Waals surface area contributed by atoms with Crippen molar-refractivity contribution in [2.45, 2.75) is 44.4 Å². The summed E-state index contributed by atoms with van der Waals surface area (Å²) in [6.45, 7) is 6.24. The molecule has 1 spiro atoms. The highest BCUT2D eigenvalue weighted by Gasteiger charge is 2.45. The van der Waals surface area contributed by atoms with Crippen LogP contribution in [-0.4, -0.2) is 89.3 Å². The summed E-state index contributed by atoms with van der Waals surface area (Å²) in [5, 5.41) is 13.5. The number of para-hydroxylation sites is 1. The highest BCUT2D eigenvalue weighted by atomic mass is 35.5. The number of piperidine rings is 3. The lowest BCUT2D eigenvalue weighted by atomic mass is 9.72. The van der Waals surface area contributed by atoms with Gasteiger partial charge in [0.25, 0.3) is 11.8 Å². The van der Waals surface area contributed by atoms with Crippen LogP contribution in [-0.2, 0) is 9.59 Å². The van der Waals surface area contributed by atoms with E-state index >= 15 is 4.39 Å². The molecule has 17 heteroatoms. The number of halogens is 3. The van der Waals surface area contributed by atoms with Crippen LogP contribution < -0.4 is 31.6 Å². The monoisotopic (exact) mass is 902 g/mol. The van der Waals surface area contributed by atoms with Crippen LogP contribution in [0, 0.1) is 23.0 Å². The molecule has 0 aliphatic carbocycles. The van der Waals surface area contributed by atoms with E-state index in [-0.39, 0.29) is 53.0 Å². The number of amides is 4. The second-order valence-corrected chi connectivity index (χ2v) is 17.9. The van der Waals surface area contributed by atoms with E-state index in [1.165, 1.54) is 6.07 Å². The van der Waals surface area contributed by atoms with Gasteiger partial charge in [-0.25, -0.2) is 18.8 Å². The van der Waals surface area contributed by atoms with E-state index in [4.69, 9.17) is 11.6 Å². The number of hydrogen-bond donors (Lipinski definition) is 5. The van der Waals surface area contributed by atoms with Crippen LogP contribution in [0.25, 0.3) is 0 Å². The molecule has 0 radical (unpaired) electrons. The van der Waals surface area contributed by atoms with Gasteiger partial charge in [0.05, 0.1) is 28.5 Å². The lowest BCUT2D eigenvalue weighted by molar-refractivity contribution is -0.134. The van der Waals surface area contributed by atoms with Crippen molar-refractivity contribution in [1.29, 1.82) is 0 Å². The summed E-state index contributed by atoms with van der Waals surface area (Å²) in [6.07, 6.45) is 5.69. The maximum absolute atomic E-state index is 15.3. The Morgan fingerprint density at radius 1 is 0.800 bits per heavy atom. The highest BCUT2D eigenvalue weighted by molar-refractivity contribution is 6.33. The summed E-state index contributed by atoms with van der Waals surface area (Å²) in [5.74, 6) is -2.03. The number of nitrogens with one attached hydrogen (secondary N) is 5. The topological polar surface area (TPSA) is 164 Å². The number of nitrogens with zero attached hydrogens (tertiary/aromatic N) is 5. The van der Waals surface area contributed by atoms with Crippen LogP contribution in [0.4, 0.5) is 43.3 Å². The first-order chi connectivity index (χ1) is 31.5. The highest BCUT2D eigenvalue weighted by Crippen LogP contribution is 2.41. The minimum atomic E-state index is -0.663. The molecule has 65 heavy (non-hydrogen) atoms. The molecule has 5 aromatic rings. The van der Waals surface area contributed by atoms with Crippen molar-refractivity contribution in [2.75, 3.05) is 66.7 Å². The zero-order valence-electron chi connectivity index (χ0n) is 35.6. The van der Waals surface area contributed by atoms with Crippen LogP contribution in [0.5, 0.6) is 0 Å². The number of hydrogen-bond acceptors (Lipinski definition) is 11. The Labute approximate surface area is 380 Å². The molecule has 4 amide bonds. The lowest BCUT2D eigenvalue weighted by Crippen LogP contribution is -2.62. The fraction of sp³-hybridized carbons (Fsp3) is 0.333. The van der Waals surface area contributed by atoms with Crippen LogP contribution >= 0.6 is 11.6 Å². The molecular weight excluding hydrogens is 854 g/mol. The van der Waals surface area contributed by atoms with Gasteiger partial charge < -0.3 is 25.8 Å². The molecule has 9 rings (SSSR count). The summed E-state index contributed by atoms with van der Waals surface area (Å²) < 4.78 is 30.0. The standard InChI is InChI=1S/C48H49ClF2N10O4/c49-37-3-1-2-4-40(37)55-44(63)31-5-10-34(11-6-31)53-43-39(51)26-52-47(57-43)54-35-12-7-32(8-13-35)45(64)58-61-23-19-48(20-24-61)28-59(29-48)27-30-17-21-60(22-18-30)41-15-9-33(25-38(41)50)36-14-16-42(62)56-46(36)65/h1-13,15,25-26,30,36H,14,16-24,27-29H2,(H,55,63)(H,58,64)(H,56,62,65)(H2,52,53,54,57). The Kier molecular flexibility index (Phi) is 12.7. The molecule has 1 atom stereocenters. The largest absolute Gasteiger partial charge is 0.369 e. The third-order valence-electron chi connectivity index (χ3n) is 13.0. The van der Waals surface area contributed by atoms with Crippen molar-refractivity contribution < 1.29 is 28.0 Å². The predicted octanol–water partition coefficient (Wildman–Crippen LogP) is 7.63. The zero-order valence-corrected chi connectivity index (χ0v) is 36.3. The average molecular weight is 903 g/mol. The molecule has 0 saturated carbocycles. The molecule has 336 valence electrons. The van der Waals surface area contributed by atoms with Crippen LogP contribution in [0.15, 0.2) is 97.2 Å². The first-order valence-electron chi connectivity index (χ1n) is 21.9.